The van der Waals surface area contributed by atoms with Crippen molar-refractivity contribution in [2.24, 2.45) is 0 Å². The monoisotopic (exact) mass is 1200 g/mol. The van der Waals surface area contributed by atoms with Crippen molar-refractivity contribution in [3.8, 4) is 22.3 Å². The molecular formula is C86H48N2O6. The van der Waals surface area contributed by atoms with Crippen molar-refractivity contribution < 1.29 is 26.5 Å². The highest BCUT2D eigenvalue weighted by Crippen LogP contribution is 2.52. The van der Waals surface area contributed by atoms with E-state index in [9.17, 15) is 0 Å². The maximum atomic E-state index is 6.90. The summed E-state index contributed by atoms with van der Waals surface area (Å²) in [6, 6.07) is 103. The third kappa shape index (κ3) is 7.56. The predicted molar refractivity (Wildman–Crippen MR) is 385 cm³/mol. The molecule has 94 heavy (non-hydrogen) atoms. The highest BCUT2D eigenvalue weighted by molar-refractivity contribution is 6.21. The van der Waals surface area contributed by atoms with Gasteiger partial charge in [-0.05, 0) is 136 Å². The molecule has 0 aliphatic heterocycles. The lowest BCUT2D eigenvalue weighted by Crippen LogP contribution is -2.11. The molecule has 6 aromatic heterocycles. The molecular weight excluding hydrogens is 1160 g/mol. The van der Waals surface area contributed by atoms with E-state index in [-0.39, 0.29) is 0 Å². The van der Waals surface area contributed by atoms with E-state index >= 15 is 0 Å². The first-order valence-corrected chi connectivity index (χ1v) is 31.7. The predicted octanol–water partition coefficient (Wildman–Crippen LogP) is 25.7. The lowest BCUT2D eigenvalue weighted by Gasteiger charge is -2.28. The van der Waals surface area contributed by atoms with Crippen LogP contribution in [-0.4, -0.2) is 0 Å². The Hall–Kier alpha value is -12.8. The Morgan fingerprint density at radius 3 is 0.968 bits per heavy atom. The van der Waals surface area contributed by atoms with Crippen molar-refractivity contribution in [3.05, 3.63) is 291 Å². The van der Waals surface area contributed by atoms with Crippen molar-refractivity contribution in [1.29, 1.82) is 0 Å². The van der Waals surface area contributed by atoms with Gasteiger partial charge in [-0.1, -0.05) is 170 Å². The van der Waals surface area contributed by atoms with Crippen LogP contribution in [-0.2, 0) is 0 Å². The molecule has 6 heterocycles. The summed E-state index contributed by atoms with van der Waals surface area (Å²) < 4.78 is 40.8. The van der Waals surface area contributed by atoms with Crippen molar-refractivity contribution >= 4 is 187 Å². The second-order valence-corrected chi connectivity index (χ2v) is 24.6. The largest absolute Gasteiger partial charge is 0.456 e. The Kier molecular flexibility index (Phi) is 10.5. The zero-order valence-corrected chi connectivity index (χ0v) is 50.1. The number of fused-ring (bicyclic) bond motifs is 20. The summed E-state index contributed by atoms with van der Waals surface area (Å²) in [6.07, 6.45) is 0. The van der Waals surface area contributed by atoms with E-state index in [1.54, 1.807) is 0 Å². The maximum Gasteiger partial charge on any atom is 0.159 e. The first-order valence-electron chi connectivity index (χ1n) is 31.7. The quantitative estimate of drug-likeness (QED) is 0.149. The molecule has 21 aromatic rings. The van der Waals surface area contributed by atoms with E-state index in [1.165, 1.54) is 0 Å². The number of hydrogen-bond acceptors (Lipinski definition) is 8. The average molecular weight is 1210 g/mol. The first kappa shape index (κ1) is 51.0. The Bertz CT molecular complexity index is 6350. The van der Waals surface area contributed by atoms with Crippen LogP contribution in [0.5, 0.6) is 0 Å². The zero-order chi connectivity index (χ0) is 61.3. The molecule has 0 spiro atoms. The topological polar surface area (TPSA) is 85.3 Å². The molecule has 0 N–H and O–H groups in total. The SMILES string of the molecule is c1ccc(-c2cc3c(cc2N(c2ccc4cc5c(cc4c2)oc2cc4oc6cc7cc(N(c8cc9oc%10ccccc%10c9cc8-c8ccccc8)c8cccc9c8oc8ccccc89)ccc7cc6c4cc25)c2cccc4c2oc2ccccc24)oc2ccccc23)cc1. The summed E-state index contributed by atoms with van der Waals surface area (Å²) in [5.74, 6) is 0. The van der Waals surface area contributed by atoms with Crippen LogP contribution in [0.15, 0.2) is 318 Å². The molecule has 8 nitrogen and oxygen atoms in total. The molecule has 21 rings (SSSR count). The van der Waals surface area contributed by atoms with Crippen molar-refractivity contribution in [1.82, 2.24) is 0 Å². The molecule has 8 heteroatoms. The van der Waals surface area contributed by atoms with E-state index in [0.717, 1.165) is 210 Å². The second kappa shape index (κ2) is 19.4. The van der Waals surface area contributed by atoms with Crippen LogP contribution in [0.25, 0.3) is 175 Å². The fraction of sp³-hybridized carbons (Fsp3) is 0. The number of rotatable bonds is 8. The van der Waals surface area contributed by atoms with Gasteiger partial charge in [0.25, 0.3) is 0 Å². The van der Waals surface area contributed by atoms with Gasteiger partial charge in [0, 0.05) is 105 Å². The molecule has 0 bridgehead atoms. The highest BCUT2D eigenvalue weighted by Gasteiger charge is 2.28. The van der Waals surface area contributed by atoms with Gasteiger partial charge in [-0.15, -0.1) is 0 Å². The summed E-state index contributed by atoms with van der Waals surface area (Å²) in [5, 5.41) is 16.7. The molecule has 15 aromatic carbocycles. The van der Waals surface area contributed by atoms with Gasteiger partial charge >= 0.3 is 0 Å². The van der Waals surface area contributed by atoms with Crippen LogP contribution in [0.2, 0.25) is 0 Å². The van der Waals surface area contributed by atoms with Gasteiger partial charge in [-0.2, -0.15) is 0 Å². The fourth-order valence-electron chi connectivity index (χ4n) is 15.0. The molecule has 0 fully saturated rings. The minimum absolute atomic E-state index is 0.750. The van der Waals surface area contributed by atoms with Gasteiger partial charge in [0.1, 0.15) is 55.8 Å². The Labute approximate surface area is 534 Å². The van der Waals surface area contributed by atoms with E-state index in [4.69, 9.17) is 26.5 Å². The molecule has 0 radical (unpaired) electrons. The van der Waals surface area contributed by atoms with Gasteiger partial charge in [-0.3, -0.25) is 0 Å². The number of furan rings is 6. The number of nitrogens with zero attached hydrogens (tertiary/aromatic N) is 2. The Morgan fingerprint density at radius 1 is 0.181 bits per heavy atom. The van der Waals surface area contributed by atoms with Gasteiger partial charge in [-0.25, -0.2) is 0 Å². The lowest BCUT2D eigenvalue weighted by atomic mass is 9.98. The lowest BCUT2D eigenvalue weighted by molar-refractivity contribution is 0.656. The van der Waals surface area contributed by atoms with Crippen LogP contribution in [0, 0.1) is 0 Å². The van der Waals surface area contributed by atoms with Gasteiger partial charge in [0.2, 0.25) is 0 Å². The Morgan fingerprint density at radius 2 is 0.521 bits per heavy atom. The normalized spacial score (nSPS) is 12.3. The summed E-state index contributed by atoms with van der Waals surface area (Å²) in [4.78, 5) is 4.66. The van der Waals surface area contributed by atoms with Gasteiger partial charge in [0.05, 0.1) is 22.7 Å². The fourth-order valence-corrected chi connectivity index (χ4v) is 15.0. The number of para-hydroxylation sites is 6. The average Bonchev–Trinajstić information content (AvgIpc) is 1.73. The second-order valence-electron chi connectivity index (χ2n) is 24.6. The van der Waals surface area contributed by atoms with Gasteiger partial charge < -0.3 is 36.3 Å². The van der Waals surface area contributed by atoms with Crippen LogP contribution in [0.1, 0.15) is 0 Å². The number of benzene rings is 15. The number of hydrogen-bond donors (Lipinski definition) is 0. The van der Waals surface area contributed by atoms with Gasteiger partial charge in [0.15, 0.2) is 11.2 Å². The van der Waals surface area contributed by atoms with E-state index in [1.807, 2.05) is 48.5 Å². The third-order valence-corrected chi connectivity index (χ3v) is 19.4. The first-order chi connectivity index (χ1) is 46.5. The van der Waals surface area contributed by atoms with Crippen molar-refractivity contribution in [2.45, 2.75) is 0 Å². The minimum atomic E-state index is 0.750. The third-order valence-electron chi connectivity index (χ3n) is 19.4. The minimum Gasteiger partial charge on any atom is -0.456 e. The van der Waals surface area contributed by atoms with Crippen LogP contribution in [0.3, 0.4) is 0 Å². The summed E-state index contributed by atoms with van der Waals surface area (Å²) >= 11 is 0. The van der Waals surface area contributed by atoms with Crippen LogP contribution in [0.4, 0.5) is 34.1 Å². The standard InChI is InChI=1S/C86H48N2O6/c1-3-17-49(18-4-1)63-43-67-59-23-9-11-29-75(59)89-81(67)46-73(63)87(71-27-15-25-61-57-21-7-13-31-77(57)93-85(61)71)55-35-33-51-39-65-69-45-70-66-40-52-34-36-56(38-54(52)42-80(66)92-84(70)48-83(69)91-79(65)41-53(51)37-55)88(72-28-16-26-62-58-22-8-14-32-78(58)94-86(62)72)74-47-82-68(60-24-10-12-30-76(60)90-82)44-64(74)50-19-5-2-6-20-50/h1-48H. The smallest absolute Gasteiger partial charge is 0.159 e. The highest BCUT2D eigenvalue weighted by atomic mass is 16.4. The summed E-state index contributed by atoms with van der Waals surface area (Å²) in [6.45, 7) is 0. The molecule has 438 valence electrons. The molecule has 0 atom stereocenters. The Balaban J connectivity index is 0.713. The summed E-state index contributed by atoms with van der Waals surface area (Å²) in [7, 11) is 0. The van der Waals surface area contributed by atoms with Crippen LogP contribution < -0.4 is 9.80 Å². The van der Waals surface area contributed by atoms with E-state index in [2.05, 4.69) is 252 Å². The van der Waals surface area contributed by atoms with E-state index in [0.29, 0.717) is 0 Å². The zero-order valence-electron chi connectivity index (χ0n) is 50.1. The molecule has 0 aliphatic carbocycles. The number of anilines is 6. The summed E-state index contributed by atoms with van der Waals surface area (Å²) in [5.41, 5.74) is 19.5. The van der Waals surface area contributed by atoms with Crippen molar-refractivity contribution in [2.75, 3.05) is 9.80 Å². The van der Waals surface area contributed by atoms with E-state index < -0.39 is 0 Å². The molecule has 0 amide bonds. The molecule has 0 saturated heterocycles. The molecule has 0 saturated carbocycles. The maximum absolute atomic E-state index is 6.90. The van der Waals surface area contributed by atoms with Crippen molar-refractivity contribution in [3.63, 3.8) is 0 Å². The van der Waals surface area contributed by atoms with Crippen LogP contribution >= 0.6 is 0 Å². The molecule has 0 unspecified atom stereocenters. The molecule has 0 aliphatic rings.